The fourth-order valence-electron chi connectivity index (χ4n) is 2.46. The van der Waals surface area contributed by atoms with Crippen LogP contribution in [0.3, 0.4) is 0 Å². The molecule has 0 unspecified atom stereocenters. The third-order valence-corrected chi connectivity index (χ3v) is 3.51. The van der Waals surface area contributed by atoms with E-state index in [-0.39, 0.29) is 0 Å². The van der Waals surface area contributed by atoms with Crippen molar-refractivity contribution >= 4 is 28.0 Å². The van der Waals surface area contributed by atoms with Crippen molar-refractivity contribution in [3.05, 3.63) is 36.0 Å². The van der Waals surface area contributed by atoms with E-state index in [2.05, 4.69) is 25.5 Å². The SMILES string of the molecule is CNc1nc(-c2cc3cccc(C)c3o2)c2cn[nH]c2n1. The van der Waals surface area contributed by atoms with Crippen LogP contribution in [0.15, 0.2) is 34.9 Å². The van der Waals surface area contributed by atoms with E-state index in [1.54, 1.807) is 13.2 Å². The lowest BCUT2D eigenvalue weighted by atomic mass is 10.1. The lowest BCUT2D eigenvalue weighted by Gasteiger charge is -2.02. The molecule has 3 heterocycles. The molecule has 0 fully saturated rings. The van der Waals surface area contributed by atoms with Gasteiger partial charge in [-0.1, -0.05) is 18.2 Å². The highest BCUT2D eigenvalue weighted by atomic mass is 16.3. The van der Waals surface area contributed by atoms with Gasteiger partial charge in [0, 0.05) is 12.4 Å². The lowest BCUT2D eigenvalue weighted by Crippen LogP contribution is -1.98. The van der Waals surface area contributed by atoms with Crippen LogP contribution < -0.4 is 5.32 Å². The number of anilines is 1. The number of aromatic nitrogens is 4. The Kier molecular flexibility index (Phi) is 2.44. The summed E-state index contributed by atoms with van der Waals surface area (Å²) < 4.78 is 6.00. The number of hydrogen-bond acceptors (Lipinski definition) is 5. The Balaban J connectivity index is 2.03. The zero-order valence-electron chi connectivity index (χ0n) is 11.6. The number of furan rings is 1. The minimum Gasteiger partial charge on any atom is -0.454 e. The number of fused-ring (bicyclic) bond motifs is 2. The van der Waals surface area contributed by atoms with Gasteiger partial charge in [-0.15, -0.1) is 0 Å². The molecular formula is C15H13N5O. The van der Waals surface area contributed by atoms with E-state index < -0.39 is 0 Å². The average Bonchev–Trinajstić information content (AvgIpc) is 3.13. The Bertz CT molecular complexity index is 953. The Labute approximate surface area is 120 Å². The van der Waals surface area contributed by atoms with Gasteiger partial charge in [-0.3, -0.25) is 5.10 Å². The normalized spacial score (nSPS) is 11.3. The third kappa shape index (κ3) is 1.76. The van der Waals surface area contributed by atoms with Gasteiger partial charge >= 0.3 is 0 Å². The summed E-state index contributed by atoms with van der Waals surface area (Å²) in [6.45, 7) is 2.03. The van der Waals surface area contributed by atoms with E-state index in [4.69, 9.17) is 4.42 Å². The van der Waals surface area contributed by atoms with E-state index in [1.165, 1.54) is 0 Å². The average molecular weight is 279 g/mol. The topological polar surface area (TPSA) is 79.6 Å². The maximum Gasteiger partial charge on any atom is 0.225 e. The van der Waals surface area contributed by atoms with E-state index in [9.17, 15) is 0 Å². The number of H-pyrrole nitrogens is 1. The molecule has 1 aromatic carbocycles. The predicted octanol–water partition coefficient (Wildman–Crippen LogP) is 3.12. The zero-order valence-corrected chi connectivity index (χ0v) is 11.6. The van der Waals surface area contributed by atoms with Crippen molar-refractivity contribution in [3.8, 4) is 11.5 Å². The van der Waals surface area contributed by atoms with Crippen LogP contribution in [0.1, 0.15) is 5.56 Å². The van der Waals surface area contributed by atoms with Crippen LogP contribution in [0.25, 0.3) is 33.5 Å². The monoisotopic (exact) mass is 279 g/mol. The van der Waals surface area contributed by atoms with E-state index in [0.717, 1.165) is 27.6 Å². The Hall–Kier alpha value is -2.89. The lowest BCUT2D eigenvalue weighted by molar-refractivity contribution is 0.627. The molecule has 3 aromatic heterocycles. The molecule has 0 bridgehead atoms. The Morgan fingerprint density at radius 2 is 2.14 bits per heavy atom. The van der Waals surface area contributed by atoms with Gasteiger partial charge in [-0.05, 0) is 18.6 Å². The van der Waals surface area contributed by atoms with E-state index in [1.807, 2.05) is 31.2 Å². The van der Waals surface area contributed by atoms with Crippen LogP contribution in [-0.4, -0.2) is 27.2 Å². The molecule has 6 nitrogen and oxygen atoms in total. The molecule has 21 heavy (non-hydrogen) atoms. The van der Waals surface area contributed by atoms with Gasteiger partial charge in [-0.2, -0.15) is 10.1 Å². The minimum atomic E-state index is 0.527. The van der Waals surface area contributed by atoms with Crippen LogP contribution >= 0.6 is 0 Å². The molecule has 0 spiro atoms. The largest absolute Gasteiger partial charge is 0.454 e. The van der Waals surface area contributed by atoms with Gasteiger partial charge in [0.15, 0.2) is 11.4 Å². The fraction of sp³-hybridized carbons (Fsp3) is 0.133. The number of benzene rings is 1. The highest BCUT2D eigenvalue weighted by Crippen LogP contribution is 2.32. The summed E-state index contributed by atoms with van der Waals surface area (Å²) in [4.78, 5) is 8.84. The summed E-state index contributed by atoms with van der Waals surface area (Å²) in [5.41, 5.74) is 3.40. The summed E-state index contributed by atoms with van der Waals surface area (Å²) in [7, 11) is 1.78. The first-order chi connectivity index (χ1) is 10.3. The predicted molar refractivity (Wildman–Crippen MR) is 81.2 cm³/mol. The standard InChI is InChI=1S/C15H13N5O/c1-8-4-3-5-9-6-11(21-13(8)9)12-10-7-17-20-14(10)19-15(16-2)18-12/h3-7H,1-2H3,(H2,16,17,18,19,20). The summed E-state index contributed by atoms with van der Waals surface area (Å²) in [6.07, 6.45) is 1.71. The fourth-order valence-corrected chi connectivity index (χ4v) is 2.46. The molecule has 0 aliphatic carbocycles. The summed E-state index contributed by atoms with van der Waals surface area (Å²) >= 11 is 0. The molecule has 0 amide bonds. The van der Waals surface area contributed by atoms with Crippen molar-refractivity contribution in [2.75, 3.05) is 12.4 Å². The highest BCUT2D eigenvalue weighted by molar-refractivity contribution is 5.93. The summed E-state index contributed by atoms with van der Waals surface area (Å²) in [5, 5.41) is 11.8. The number of hydrogen-bond donors (Lipinski definition) is 2. The first kappa shape index (κ1) is 11.9. The number of aromatic amines is 1. The van der Waals surface area contributed by atoms with Crippen molar-refractivity contribution in [2.45, 2.75) is 6.92 Å². The maximum absolute atomic E-state index is 6.00. The molecule has 0 aliphatic rings. The second-order valence-corrected chi connectivity index (χ2v) is 4.88. The van der Waals surface area contributed by atoms with Crippen LogP contribution in [0.2, 0.25) is 0 Å². The second-order valence-electron chi connectivity index (χ2n) is 4.88. The van der Waals surface area contributed by atoms with Gasteiger partial charge in [0.1, 0.15) is 11.3 Å². The van der Waals surface area contributed by atoms with Crippen molar-refractivity contribution in [3.63, 3.8) is 0 Å². The van der Waals surface area contributed by atoms with Crippen LogP contribution in [0, 0.1) is 6.92 Å². The summed E-state index contributed by atoms with van der Waals surface area (Å²) in [6, 6.07) is 8.07. The van der Waals surface area contributed by atoms with Gasteiger partial charge < -0.3 is 9.73 Å². The van der Waals surface area contributed by atoms with Gasteiger partial charge in [0.25, 0.3) is 0 Å². The van der Waals surface area contributed by atoms with Crippen molar-refractivity contribution in [1.82, 2.24) is 20.2 Å². The molecule has 0 aliphatic heterocycles. The summed E-state index contributed by atoms with van der Waals surface area (Å²) in [5.74, 6) is 1.24. The molecular weight excluding hydrogens is 266 g/mol. The number of rotatable bonds is 2. The third-order valence-electron chi connectivity index (χ3n) is 3.51. The number of nitrogens with zero attached hydrogens (tertiary/aromatic N) is 3. The molecule has 0 saturated heterocycles. The van der Waals surface area contributed by atoms with Crippen LogP contribution in [-0.2, 0) is 0 Å². The smallest absolute Gasteiger partial charge is 0.225 e. The molecule has 0 saturated carbocycles. The van der Waals surface area contributed by atoms with Gasteiger partial charge in [0.05, 0.1) is 11.6 Å². The first-order valence-corrected chi connectivity index (χ1v) is 6.64. The van der Waals surface area contributed by atoms with Gasteiger partial charge in [0.2, 0.25) is 5.95 Å². The number of aryl methyl sites for hydroxylation is 1. The first-order valence-electron chi connectivity index (χ1n) is 6.64. The van der Waals surface area contributed by atoms with Crippen molar-refractivity contribution in [2.24, 2.45) is 0 Å². The number of para-hydroxylation sites is 1. The van der Waals surface area contributed by atoms with Gasteiger partial charge in [-0.25, -0.2) is 4.98 Å². The molecule has 4 aromatic rings. The van der Waals surface area contributed by atoms with Crippen molar-refractivity contribution in [1.29, 1.82) is 0 Å². The minimum absolute atomic E-state index is 0.527. The second kappa shape index (κ2) is 4.31. The molecule has 104 valence electrons. The van der Waals surface area contributed by atoms with Crippen molar-refractivity contribution < 1.29 is 4.42 Å². The number of nitrogens with one attached hydrogen (secondary N) is 2. The molecule has 4 rings (SSSR count). The molecule has 0 radical (unpaired) electrons. The highest BCUT2D eigenvalue weighted by Gasteiger charge is 2.15. The maximum atomic E-state index is 6.00. The van der Waals surface area contributed by atoms with Crippen LogP contribution in [0.4, 0.5) is 5.95 Å². The van der Waals surface area contributed by atoms with E-state index >= 15 is 0 Å². The van der Waals surface area contributed by atoms with E-state index in [0.29, 0.717) is 17.4 Å². The molecule has 6 heteroatoms. The Morgan fingerprint density at radius 3 is 2.95 bits per heavy atom. The zero-order chi connectivity index (χ0) is 14.4. The van der Waals surface area contributed by atoms with Crippen LogP contribution in [0.5, 0.6) is 0 Å². The molecule has 0 atom stereocenters. The Morgan fingerprint density at radius 1 is 1.24 bits per heavy atom. The quantitative estimate of drug-likeness (QED) is 0.589. The molecule has 2 N–H and O–H groups in total.